The van der Waals surface area contributed by atoms with Crippen LogP contribution in [0.1, 0.15) is 20.8 Å². The maximum atomic E-state index is 2.36. The molecule has 0 fully saturated rings. The Kier molecular flexibility index (Phi) is 12.3. The van der Waals surface area contributed by atoms with Crippen molar-refractivity contribution in [3.8, 4) is 0 Å². The Balaban J connectivity index is 0. The summed E-state index contributed by atoms with van der Waals surface area (Å²) in [5.41, 5.74) is 0. The van der Waals surface area contributed by atoms with Crippen molar-refractivity contribution >= 4 is 35.1 Å². The summed E-state index contributed by atoms with van der Waals surface area (Å²) >= 11 is -0.866. The van der Waals surface area contributed by atoms with E-state index in [-0.39, 0.29) is 12.4 Å². The second kappa shape index (κ2) is 8.21. The molecule has 0 N–H and O–H groups in total. The van der Waals surface area contributed by atoms with Crippen LogP contribution < -0.4 is 0 Å². The third-order valence-electron chi connectivity index (χ3n) is 1.73. The van der Waals surface area contributed by atoms with Gasteiger partial charge in [-0.1, -0.05) is 0 Å². The van der Waals surface area contributed by atoms with E-state index < -0.39 is 22.7 Å². The van der Waals surface area contributed by atoms with Gasteiger partial charge in [-0.05, 0) is 0 Å². The van der Waals surface area contributed by atoms with E-state index in [0.29, 0.717) is 0 Å². The summed E-state index contributed by atoms with van der Waals surface area (Å²) in [6.45, 7) is 7.08. The summed E-state index contributed by atoms with van der Waals surface area (Å²) in [6, 6.07) is 0. The molecule has 0 unspecified atom stereocenters. The van der Waals surface area contributed by atoms with Crippen molar-refractivity contribution in [2.24, 2.45) is 0 Å². The van der Waals surface area contributed by atoms with Crippen LogP contribution in [0.25, 0.3) is 0 Å². The molecule has 0 heterocycles. The van der Waals surface area contributed by atoms with Crippen molar-refractivity contribution in [3.05, 3.63) is 0 Å². The summed E-state index contributed by atoms with van der Waals surface area (Å²) in [7, 11) is 0. The molecule has 0 saturated heterocycles. The predicted octanol–water partition coefficient (Wildman–Crippen LogP) is 2.70. The Hall–Kier alpha value is 1.21. The average Bonchev–Trinajstić information content (AvgIpc) is 1.72. The fourth-order valence-electron chi connectivity index (χ4n) is 0.866. The predicted molar refractivity (Wildman–Crippen MR) is 45.8 cm³/mol. The fraction of sp³-hybridized carbons (Fsp3) is 1.00. The molecule has 8 heavy (non-hydrogen) atoms. The molecule has 0 aliphatic carbocycles. The van der Waals surface area contributed by atoms with Crippen molar-refractivity contribution in [1.82, 2.24) is 0 Å². The molecule has 0 spiro atoms. The maximum absolute atomic E-state index is 2.36. The summed E-state index contributed by atoms with van der Waals surface area (Å²) < 4.78 is 4.73. The van der Waals surface area contributed by atoms with Crippen molar-refractivity contribution < 1.29 is 0 Å². The molecule has 0 bridgehead atoms. The quantitative estimate of drug-likeness (QED) is 0.698. The van der Waals surface area contributed by atoms with Crippen LogP contribution in [0.2, 0.25) is 11.9 Å². The van der Waals surface area contributed by atoms with Crippen LogP contribution in [-0.4, -0.2) is 22.7 Å². The minimum absolute atomic E-state index is 0. The second-order valence-electron chi connectivity index (χ2n) is 2.09. The summed E-state index contributed by atoms with van der Waals surface area (Å²) in [4.78, 5) is 0. The Morgan fingerprint density at radius 1 is 0.875 bits per heavy atom. The summed E-state index contributed by atoms with van der Waals surface area (Å²) in [5.74, 6) is 0. The Bertz CT molecular complexity index is 30.0. The first-order valence-electron chi connectivity index (χ1n) is 3.35. The third kappa shape index (κ3) is 5.35. The maximum Gasteiger partial charge on any atom is -0.147 e. The van der Waals surface area contributed by atoms with Crippen molar-refractivity contribution in [2.45, 2.75) is 32.7 Å². The minimum Gasteiger partial charge on any atom is -0.147 e. The van der Waals surface area contributed by atoms with Gasteiger partial charge in [-0.25, -0.2) is 0 Å². The molecule has 52 valence electrons. The monoisotopic (exact) mass is 332 g/mol. The molecule has 0 aromatic rings. The molecular weight excluding hydrogens is 315 g/mol. The van der Waals surface area contributed by atoms with Crippen molar-refractivity contribution in [1.29, 1.82) is 0 Å². The van der Waals surface area contributed by atoms with E-state index in [1.807, 2.05) is 0 Å². The first-order chi connectivity index (χ1) is 3.35. The molecule has 0 aliphatic rings. The molecule has 0 aromatic heterocycles. The van der Waals surface area contributed by atoms with Crippen LogP contribution in [0.5, 0.6) is 0 Å². The molecule has 0 radical (unpaired) electrons. The number of hydrogen-bond acceptors (Lipinski definition) is 0. The van der Waals surface area contributed by atoms with E-state index in [1.165, 1.54) is 0 Å². The third-order valence-corrected chi connectivity index (χ3v) is 15.2. The van der Waals surface area contributed by atoms with E-state index in [9.17, 15) is 0 Å². The summed E-state index contributed by atoms with van der Waals surface area (Å²) in [5, 5.41) is 0. The van der Waals surface area contributed by atoms with Crippen LogP contribution in [0.4, 0.5) is 0 Å². The van der Waals surface area contributed by atoms with Gasteiger partial charge in [-0.2, -0.15) is 0 Å². The molecule has 0 aliphatic heterocycles. The molecule has 0 aromatic carbocycles. The van der Waals surface area contributed by atoms with Crippen molar-refractivity contribution in [2.75, 3.05) is 0 Å². The SMILES string of the molecule is C[CH2][PbH]([CH2]C)[CH2]C.Cl. The van der Waals surface area contributed by atoms with Gasteiger partial charge < -0.3 is 0 Å². The van der Waals surface area contributed by atoms with Crippen LogP contribution in [0.15, 0.2) is 0 Å². The molecule has 0 saturated carbocycles. The van der Waals surface area contributed by atoms with Gasteiger partial charge in [0.1, 0.15) is 0 Å². The fourth-order valence-corrected chi connectivity index (χ4v) is 7.60. The minimum atomic E-state index is -0.866. The zero-order valence-corrected chi connectivity index (χ0v) is 11.4. The molecular formula is C6H17ClPb. The first kappa shape index (κ1) is 11.9. The van der Waals surface area contributed by atoms with E-state index in [0.717, 1.165) is 0 Å². The Labute approximate surface area is 67.6 Å². The zero-order chi connectivity index (χ0) is 5.70. The molecule has 0 atom stereocenters. The molecule has 2 heteroatoms. The number of rotatable bonds is 3. The van der Waals surface area contributed by atoms with E-state index in [2.05, 4.69) is 20.8 Å². The largest absolute Gasteiger partial charge is 0.147 e. The number of hydrogen-bond donors (Lipinski definition) is 0. The van der Waals surface area contributed by atoms with Gasteiger partial charge in [0.25, 0.3) is 0 Å². The van der Waals surface area contributed by atoms with Gasteiger partial charge >= 0.3 is 55.4 Å². The van der Waals surface area contributed by atoms with E-state index in [1.54, 1.807) is 11.9 Å². The Morgan fingerprint density at radius 3 is 1.12 bits per heavy atom. The normalized spacial score (nSPS) is 9.00. The second-order valence-corrected chi connectivity index (χ2v) is 18.3. The van der Waals surface area contributed by atoms with Gasteiger partial charge in [0, 0.05) is 0 Å². The van der Waals surface area contributed by atoms with Crippen molar-refractivity contribution in [3.63, 3.8) is 0 Å². The molecule has 0 rings (SSSR count). The summed E-state index contributed by atoms with van der Waals surface area (Å²) in [6.07, 6.45) is 0. The van der Waals surface area contributed by atoms with Crippen LogP contribution in [-0.2, 0) is 0 Å². The average molecular weight is 332 g/mol. The Morgan fingerprint density at radius 2 is 1.12 bits per heavy atom. The van der Waals surface area contributed by atoms with Crippen LogP contribution >= 0.6 is 12.4 Å². The molecule has 0 nitrogen and oxygen atoms in total. The topological polar surface area (TPSA) is 0 Å². The first-order valence-corrected chi connectivity index (χ1v) is 12.9. The zero-order valence-electron chi connectivity index (χ0n) is 6.11. The molecule has 0 amide bonds. The number of halogens is 1. The van der Waals surface area contributed by atoms with Gasteiger partial charge in [-0.15, -0.1) is 12.4 Å². The van der Waals surface area contributed by atoms with Gasteiger partial charge in [0.05, 0.1) is 0 Å². The van der Waals surface area contributed by atoms with Gasteiger partial charge in [0.2, 0.25) is 0 Å². The standard InChI is InChI=1S/3C2H5.ClH.Pb.H/c3*1-2;;;/h3*1H2,2H3;1H;;. The smallest absolute Gasteiger partial charge is 0.147 e. The van der Waals surface area contributed by atoms with Crippen LogP contribution in [0.3, 0.4) is 0 Å². The van der Waals surface area contributed by atoms with Gasteiger partial charge in [0.15, 0.2) is 0 Å². The van der Waals surface area contributed by atoms with E-state index >= 15 is 0 Å². The van der Waals surface area contributed by atoms with E-state index in [4.69, 9.17) is 0 Å². The van der Waals surface area contributed by atoms with Crippen LogP contribution in [0, 0.1) is 0 Å². The van der Waals surface area contributed by atoms with Gasteiger partial charge in [-0.3, -0.25) is 0 Å².